The van der Waals surface area contributed by atoms with Crippen molar-refractivity contribution in [3.63, 3.8) is 0 Å². The Morgan fingerprint density at radius 2 is 2.06 bits per heavy atom. The van der Waals surface area contributed by atoms with Gasteiger partial charge in [0.1, 0.15) is 5.75 Å². The fourth-order valence-corrected chi connectivity index (χ4v) is 3.07. The summed E-state index contributed by atoms with van der Waals surface area (Å²) in [7, 11) is 1.71. The zero-order valence-corrected chi connectivity index (χ0v) is 13.7. The van der Waals surface area contributed by atoms with Gasteiger partial charge >= 0.3 is 0 Å². The minimum absolute atomic E-state index is 0.664. The average molecular weight is 364 g/mol. The van der Waals surface area contributed by atoms with Gasteiger partial charge in [-0.2, -0.15) is 0 Å². The van der Waals surface area contributed by atoms with Gasteiger partial charge in [0.15, 0.2) is 0 Å². The quantitative estimate of drug-likeness (QED) is 0.593. The molecular weight excluding hydrogens is 344 g/mol. The van der Waals surface area contributed by atoms with E-state index in [2.05, 4.69) is 50.9 Å². The molecule has 0 fully saturated rings. The predicted octanol–water partition coefficient (Wildman–Crippen LogP) is 5.34. The van der Waals surface area contributed by atoms with Gasteiger partial charge in [-0.25, -0.2) is 0 Å². The zero-order valence-electron chi connectivity index (χ0n) is 10.5. The Morgan fingerprint density at radius 1 is 1.29 bits per heavy atom. The number of rotatable bonds is 7. The van der Waals surface area contributed by atoms with Crippen molar-refractivity contribution in [1.82, 2.24) is 0 Å². The van der Waals surface area contributed by atoms with Gasteiger partial charge < -0.3 is 4.74 Å². The van der Waals surface area contributed by atoms with Crippen LogP contribution in [-0.2, 0) is 6.42 Å². The molecule has 0 amide bonds. The van der Waals surface area contributed by atoms with Crippen LogP contribution in [0.3, 0.4) is 0 Å². The van der Waals surface area contributed by atoms with Crippen molar-refractivity contribution >= 4 is 31.9 Å². The maximum Gasteiger partial charge on any atom is 0.119 e. The number of alkyl halides is 1. The van der Waals surface area contributed by atoms with Crippen LogP contribution in [0.4, 0.5) is 0 Å². The number of hydrogen-bond donors (Lipinski definition) is 0. The predicted molar refractivity (Wildman–Crippen MR) is 81.3 cm³/mol. The SMILES string of the molecule is CCCC(Br)CCCc1cc(OC)ccc1Br. The second kappa shape index (κ2) is 8.15. The number of halogens is 2. The fourth-order valence-electron chi connectivity index (χ4n) is 1.84. The maximum atomic E-state index is 5.25. The first kappa shape index (κ1) is 15.0. The van der Waals surface area contributed by atoms with Gasteiger partial charge in [0.05, 0.1) is 7.11 Å². The lowest BCUT2D eigenvalue weighted by atomic mass is 10.1. The molecule has 1 atom stereocenters. The van der Waals surface area contributed by atoms with Gasteiger partial charge in [-0.05, 0) is 49.4 Å². The third-order valence-electron chi connectivity index (χ3n) is 2.82. The van der Waals surface area contributed by atoms with Crippen LogP contribution < -0.4 is 4.74 Å². The first-order valence-corrected chi connectivity index (χ1v) is 7.84. The number of aryl methyl sites for hydroxylation is 1. The number of ether oxygens (including phenoxy) is 1. The summed E-state index contributed by atoms with van der Waals surface area (Å²) in [5, 5.41) is 0. The molecule has 17 heavy (non-hydrogen) atoms. The largest absolute Gasteiger partial charge is 0.497 e. The standard InChI is InChI=1S/C14H20Br2O/c1-3-5-12(15)7-4-6-11-10-13(17-2)8-9-14(11)16/h8-10,12H,3-7H2,1-2H3. The van der Waals surface area contributed by atoms with Gasteiger partial charge in [0.2, 0.25) is 0 Å². The molecule has 0 N–H and O–H groups in total. The highest BCUT2D eigenvalue weighted by atomic mass is 79.9. The van der Waals surface area contributed by atoms with E-state index in [4.69, 9.17) is 4.74 Å². The Balaban J connectivity index is 2.45. The van der Waals surface area contributed by atoms with Gasteiger partial charge in [0, 0.05) is 9.30 Å². The molecule has 3 heteroatoms. The molecule has 0 radical (unpaired) electrons. The monoisotopic (exact) mass is 362 g/mol. The van der Waals surface area contributed by atoms with Crippen LogP contribution in [0.5, 0.6) is 5.75 Å². The molecule has 0 heterocycles. The smallest absolute Gasteiger partial charge is 0.119 e. The summed E-state index contributed by atoms with van der Waals surface area (Å²) >= 11 is 7.31. The van der Waals surface area contributed by atoms with E-state index in [-0.39, 0.29) is 0 Å². The highest BCUT2D eigenvalue weighted by Crippen LogP contribution is 2.25. The second-order valence-electron chi connectivity index (χ2n) is 4.24. The van der Waals surface area contributed by atoms with E-state index in [9.17, 15) is 0 Å². The summed E-state index contributed by atoms with van der Waals surface area (Å²) in [5.41, 5.74) is 1.33. The third kappa shape index (κ3) is 5.43. The topological polar surface area (TPSA) is 9.23 Å². The summed E-state index contributed by atoms with van der Waals surface area (Å²) in [5.74, 6) is 0.937. The van der Waals surface area contributed by atoms with Crippen molar-refractivity contribution in [2.45, 2.75) is 43.9 Å². The van der Waals surface area contributed by atoms with Gasteiger partial charge in [-0.15, -0.1) is 0 Å². The summed E-state index contributed by atoms with van der Waals surface area (Å²) in [4.78, 5) is 0.664. The number of benzene rings is 1. The van der Waals surface area contributed by atoms with Crippen LogP contribution in [0.1, 0.15) is 38.2 Å². The van der Waals surface area contributed by atoms with Crippen molar-refractivity contribution in [2.75, 3.05) is 7.11 Å². The lowest BCUT2D eigenvalue weighted by Crippen LogP contribution is -1.98. The van der Waals surface area contributed by atoms with Gasteiger partial charge in [-0.3, -0.25) is 0 Å². The summed E-state index contributed by atoms with van der Waals surface area (Å²) in [6.07, 6.45) is 6.06. The van der Waals surface area contributed by atoms with Crippen molar-refractivity contribution in [3.8, 4) is 5.75 Å². The molecule has 0 saturated carbocycles. The molecule has 1 aromatic carbocycles. The molecule has 0 aliphatic heterocycles. The highest BCUT2D eigenvalue weighted by molar-refractivity contribution is 9.10. The molecule has 1 aromatic rings. The Labute approximate surface area is 121 Å². The lowest BCUT2D eigenvalue weighted by molar-refractivity contribution is 0.414. The highest BCUT2D eigenvalue weighted by Gasteiger charge is 2.05. The Hall–Kier alpha value is -0.0200. The van der Waals surface area contributed by atoms with Crippen LogP contribution in [-0.4, -0.2) is 11.9 Å². The molecule has 1 unspecified atom stereocenters. The van der Waals surface area contributed by atoms with E-state index in [1.807, 2.05) is 6.07 Å². The van der Waals surface area contributed by atoms with Crippen LogP contribution in [0, 0.1) is 0 Å². The van der Waals surface area contributed by atoms with Gasteiger partial charge in [-0.1, -0.05) is 45.2 Å². The minimum atomic E-state index is 0.664. The van der Waals surface area contributed by atoms with Crippen LogP contribution in [0.2, 0.25) is 0 Å². The number of methoxy groups -OCH3 is 1. The fraction of sp³-hybridized carbons (Fsp3) is 0.571. The van der Waals surface area contributed by atoms with E-state index in [1.54, 1.807) is 7.11 Å². The summed E-state index contributed by atoms with van der Waals surface area (Å²) in [6, 6.07) is 6.16. The molecule has 0 aliphatic carbocycles. The molecule has 1 nitrogen and oxygen atoms in total. The average Bonchev–Trinajstić information content (AvgIpc) is 2.32. The van der Waals surface area contributed by atoms with E-state index in [1.165, 1.54) is 35.7 Å². The first-order valence-electron chi connectivity index (χ1n) is 6.13. The van der Waals surface area contributed by atoms with Crippen LogP contribution in [0.25, 0.3) is 0 Å². The summed E-state index contributed by atoms with van der Waals surface area (Å²) < 4.78 is 6.43. The number of hydrogen-bond acceptors (Lipinski definition) is 1. The van der Waals surface area contributed by atoms with Crippen molar-refractivity contribution in [2.24, 2.45) is 0 Å². The molecule has 96 valence electrons. The van der Waals surface area contributed by atoms with Crippen LogP contribution >= 0.6 is 31.9 Å². The third-order valence-corrected chi connectivity index (χ3v) is 4.51. The maximum absolute atomic E-state index is 5.25. The first-order chi connectivity index (χ1) is 8.17. The van der Waals surface area contributed by atoms with Crippen molar-refractivity contribution in [3.05, 3.63) is 28.2 Å². The molecular formula is C14H20Br2O. The molecule has 0 spiro atoms. The van der Waals surface area contributed by atoms with Crippen LogP contribution in [0.15, 0.2) is 22.7 Å². The van der Waals surface area contributed by atoms with E-state index in [0.29, 0.717) is 4.83 Å². The Bertz CT molecular complexity index is 339. The lowest BCUT2D eigenvalue weighted by Gasteiger charge is -2.10. The van der Waals surface area contributed by atoms with E-state index < -0.39 is 0 Å². The zero-order chi connectivity index (χ0) is 12.7. The molecule has 0 saturated heterocycles. The van der Waals surface area contributed by atoms with E-state index >= 15 is 0 Å². The van der Waals surface area contributed by atoms with Crippen molar-refractivity contribution in [1.29, 1.82) is 0 Å². The minimum Gasteiger partial charge on any atom is -0.497 e. The molecule has 0 bridgehead atoms. The van der Waals surface area contributed by atoms with E-state index in [0.717, 1.165) is 12.2 Å². The molecule has 0 aromatic heterocycles. The normalized spacial score (nSPS) is 12.5. The van der Waals surface area contributed by atoms with Crippen molar-refractivity contribution < 1.29 is 4.74 Å². The second-order valence-corrected chi connectivity index (χ2v) is 6.38. The molecule has 1 rings (SSSR count). The summed E-state index contributed by atoms with van der Waals surface area (Å²) in [6.45, 7) is 2.23. The van der Waals surface area contributed by atoms with Gasteiger partial charge in [0.25, 0.3) is 0 Å². The Kier molecular flexibility index (Phi) is 7.21. The Morgan fingerprint density at radius 3 is 2.71 bits per heavy atom. The molecule has 0 aliphatic rings.